The number of para-hydroxylation sites is 1. The number of methoxy groups -OCH3 is 3. The molecule has 0 spiro atoms. The quantitative estimate of drug-likeness (QED) is 0.149. The van der Waals surface area contributed by atoms with Gasteiger partial charge in [0.15, 0.2) is 23.8 Å². The molecule has 1 aliphatic rings. The van der Waals surface area contributed by atoms with Crippen LogP contribution in [-0.4, -0.2) is 82.8 Å². The van der Waals surface area contributed by atoms with Gasteiger partial charge in [-0.2, -0.15) is 0 Å². The topological polar surface area (TPSA) is 162 Å². The Bertz CT molecular complexity index is 2080. The fourth-order valence-electron chi connectivity index (χ4n) is 6.75. The van der Waals surface area contributed by atoms with Gasteiger partial charge in [0.2, 0.25) is 5.78 Å². The van der Waals surface area contributed by atoms with Crippen LogP contribution in [0.25, 0.3) is 11.2 Å². The van der Waals surface area contributed by atoms with Crippen LogP contribution in [0.5, 0.6) is 17.2 Å². The lowest BCUT2D eigenvalue weighted by Gasteiger charge is -2.40. The van der Waals surface area contributed by atoms with Crippen molar-refractivity contribution in [3.8, 4) is 17.2 Å². The maximum Gasteiger partial charge on any atom is 0.201 e. The number of hydrogen-bond donors (Lipinski definition) is 2. The highest BCUT2D eigenvalue weighted by Crippen LogP contribution is 2.45. The summed E-state index contributed by atoms with van der Waals surface area (Å²) in [6, 6.07) is 33.3. The highest BCUT2D eigenvalue weighted by Gasteiger charge is 2.54. The number of benzene rings is 4. The average Bonchev–Trinajstić information content (AvgIpc) is 3.79. The third kappa shape index (κ3) is 6.78. The van der Waals surface area contributed by atoms with Crippen LogP contribution in [0.1, 0.15) is 22.9 Å². The molecule has 13 heteroatoms. The summed E-state index contributed by atoms with van der Waals surface area (Å²) in [5, 5.41) is 12.0. The van der Waals surface area contributed by atoms with Crippen molar-refractivity contribution in [3.05, 3.63) is 139 Å². The van der Waals surface area contributed by atoms with Gasteiger partial charge in [0, 0.05) is 7.11 Å². The van der Waals surface area contributed by atoms with Gasteiger partial charge in [-0.1, -0.05) is 72.8 Å². The molecule has 1 unspecified atom stereocenters. The van der Waals surface area contributed by atoms with Gasteiger partial charge >= 0.3 is 0 Å². The Morgan fingerprint density at radius 2 is 1.40 bits per heavy atom. The van der Waals surface area contributed by atoms with Gasteiger partial charge in [0.25, 0.3) is 0 Å². The Hall–Kier alpha value is -5.86. The van der Waals surface area contributed by atoms with E-state index in [1.54, 1.807) is 30.9 Å². The number of rotatable bonds is 14. The number of fused-ring (bicyclic) bond motifs is 1. The van der Waals surface area contributed by atoms with Gasteiger partial charge < -0.3 is 39.3 Å². The number of imidazole rings is 1. The Labute approximate surface area is 305 Å². The van der Waals surface area contributed by atoms with E-state index < -0.39 is 48.6 Å². The minimum atomic E-state index is -1.44. The first-order valence-corrected chi connectivity index (χ1v) is 16.9. The minimum Gasteiger partial charge on any atom is -0.497 e. The number of hydrogen-bond acceptors (Lipinski definition) is 12. The largest absolute Gasteiger partial charge is 0.497 e. The zero-order chi connectivity index (χ0) is 37.0. The normalized spacial score (nSPS) is 19.2. The second-order valence-electron chi connectivity index (χ2n) is 12.4. The van der Waals surface area contributed by atoms with Crippen LogP contribution in [0.4, 0.5) is 5.82 Å². The summed E-state index contributed by atoms with van der Waals surface area (Å²) in [6.07, 6.45) is -3.23. The van der Waals surface area contributed by atoms with Crippen LogP contribution in [0.15, 0.2) is 122 Å². The van der Waals surface area contributed by atoms with Crippen molar-refractivity contribution in [3.63, 3.8) is 0 Å². The number of aromatic nitrogens is 4. The summed E-state index contributed by atoms with van der Waals surface area (Å²) in [5.74, 6) is 1.44. The summed E-state index contributed by atoms with van der Waals surface area (Å²) in [6.45, 7) is -0.391. The van der Waals surface area contributed by atoms with Gasteiger partial charge in [-0.05, 0) is 53.1 Å². The van der Waals surface area contributed by atoms with E-state index in [0.29, 0.717) is 45.1 Å². The zero-order valence-corrected chi connectivity index (χ0v) is 29.3. The van der Waals surface area contributed by atoms with E-state index in [1.807, 2.05) is 97.1 Å². The molecule has 4 aromatic carbocycles. The summed E-state index contributed by atoms with van der Waals surface area (Å²) in [7, 11) is 4.63. The van der Waals surface area contributed by atoms with Crippen molar-refractivity contribution < 1.29 is 38.3 Å². The molecular weight excluding hydrogens is 678 g/mol. The van der Waals surface area contributed by atoms with Crippen LogP contribution < -0.4 is 19.9 Å². The van der Waals surface area contributed by atoms with Crippen molar-refractivity contribution in [2.24, 2.45) is 0 Å². The second kappa shape index (κ2) is 15.4. The highest BCUT2D eigenvalue weighted by molar-refractivity contribution is 5.86. The zero-order valence-electron chi connectivity index (χ0n) is 29.3. The van der Waals surface area contributed by atoms with Crippen molar-refractivity contribution in [2.45, 2.75) is 36.2 Å². The van der Waals surface area contributed by atoms with Crippen LogP contribution in [0.3, 0.4) is 0 Å². The molecule has 3 N–H and O–H groups in total. The molecule has 5 atom stereocenters. The molecule has 0 amide bonds. The van der Waals surface area contributed by atoms with Crippen molar-refractivity contribution in [1.29, 1.82) is 0 Å². The Balaban J connectivity index is 1.38. The average molecular weight is 718 g/mol. The minimum absolute atomic E-state index is 0.180. The number of aliphatic hydroxyl groups is 1. The number of ketones is 1. The molecule has 3 heterocycles. The number of ether oxygens (including phenoxy) is 6. The molecule has 1 aliphatic heterocycles. The van der Waals surface area contributed by atoms with Crippen LogP contribution in [-0.2, 0) is 24.6 Å². The first-order valence-electron chi connectivity index (χ1n) is 16.9. The standard InChI is InChI=1S/C40H39N5O8/c1-48-28-18-14-26(15-19-28)40(25-10-6-4-7-11-25,27-16-20-29(49-2)21-17-27)53-34(31(46)22-51-30-12-8-5-9-13-30)35-33(47)36(50-3)39(52-35)45-24-44-32-37(41)42-23-43-38(32)45/h4-21,23-24,33-36,39,47H,22H2,1-3H3,(H2,41,42,43)/t33-,34?,35+,36-,39-/m1/s1. The molecule has 6 aromatic rings. The van der Waals surface area contributed by atoms with Crippen LogP contribution in [0.2, 0.25) is 0 Å². The molecule has 53 heavy (non-hydrogen) atoms. The number of nitrogen functional groups attached to an aromatic ring is 1. The Kier molecular flexibility index (Phi) is 10.3. The number of Topliss-reactive ketones (excluding diaryl/α,β-unsaturated/α-hetero) is 1. The van der Waals surface area contributed by atoms with E-state index in [0.717, 1.165) is 0 Å². The SMILES string of the molecule is COc1ccc(C(OC(C(=O)COc2ccccc2)[C@H]2O[C@@H](n3cnc4c(N)ncnc43)[C@H](OC)[C@@H]2O)(c2ccccc2)c2ccc(OC)cc2)cc1. The predicted octanol–water partition coefficient (Wildman–Crippen LogP) is 4.72. The predicted molar refractivity (Wildman–Crippen MR) is 195 cm³/mol. The lowest BCUT2D eigenvalue weighted by Crippen LogP contribution is -2.51. The molecule has 1 saturated heterocycles. The molecule has 7 rings (SSSR count). The van der Waals surface area contributed by atoms with Crippen molar-refractivity contribution in [1.82, 2.24) is 19.5 Å². The van der Waals surface area contributed by atoms with E-state index in [9.17, 15) is 9.90 Å². The number of aliphatic hydroxyl groups excluding tert-OH is 1. The van der Waals surface area contributed by atoms with E-state index in [2.05, 4.69) is 15.0 Å². The highest BCUT2D eigenvalue weighted by atomic mass is 16.6. The molecule has 13 nitrogen and oxygen atoms in total. The summed E-state index contributed by atoms with van der Waals surface area (Å²) in [4.78, 5) is 27.5. The second-order valence-corrected chi connectivity index (χ2v) is 12.4. The van der Waals surface area contributed by atoms with Crippen molar-refractivity contribution >= 4 is 22.8 Å². The fraction of sp³-hybridized carbons (Fsp3) is 0.250. The van der Waals surface area contributed by atoms with Gasteiger partial charge in [0.1, 0.15) is 59.6 Å². The number of nitrogens with zero attached hydrogens (tertiary/aromatic N) is 4. The molecule has 0 aliphatic carbocycles. The third-order valence-electron chi connectivity index (χ3n) is 9.40. The smallest absolute Gasteiger partial charge is 0.201 e. The molecular formula is C40H39N5O8. The van der Waals surface area contributed by atoms with Crippen LogP contribution in [0, 0.1) is 0 Å². The third-order valence-corrected chi connectivity index (χ3v) is 9.40. The molecule has 0 radical (unpaired) electrons. The first kappa shape index (κ1) is 35.5. The number of nitrogens with two attached hydrogens (primary N) is 1. The number of carbonyl (C=O) groups is 1. The summed E-state index contributed by atoms with van der Waals surface area (Å²) in [5.41, 5.74) is 7.42. The first-order chi connectivity index (χ1) is 25.9. The number of anilines is 1. The van der Waals surface area contributed by atoms with Crippen LogP contribution >= 0.6 is 0 Å². The monoisotopic (exact) mass is 717 g/mol. The van der Waals surface area contributed by atoms with Gasteiger partial charge in [-0.25, -0.2) is 15.0 Å². The molecule has 2 aromatic heterocycles. The number of carbonyl (C=O) groups excluding carboxylic acids is 1. The molecule has 1 fully saturated rings. The summed E-state index contributed by atoms with van der Waals surface area (Å²) < 4.78 is 38.4. The molecule has 0 bridgehead atoms. The van der Waals surface area contributed by atoms with Gasteiger partial charge in [0.05, 0.1) is 20.5 Å². The maximum absolute atomic E-state index is 14.7. The fourth-order valence-corrected chi connectivity index (χ4v) is 6.75. The van der Waals surface area contributed by atoms with E-state index in [4.69, 9.17) is 34.2 Å². The van der Waals surface area contributed by atoms with E-state index in [1.165, 1.54) is 19.8 Å². The molecule has 0 saturated carbocycles. The lowest BCUT2D eigenvalue weighted by atomic mass is 9.79. The Morgan fingerprint density at radius 1 is 0.811 bits per heavy atom. The van der Waals surface area contributed by atoms with E-state index >= 15 is 0 Å². The van der Waals surface area contributed by atoms with Crippen molar-refractivity contribution in [2.75, 3.05) is 33.7 Å². The maximum atomic E-state index is 14.7. The van der Waals surface area contributed by atoms with Gasteiger partial charge in [-0.3, -0.25) is 9.36 Å². The summed E-state index contributed by atoms with van der Waals surface area (Å²) >= 11 is 0. The lowest BCUT2D eigenvalue weighted by molar-refractivity contribution is -0.167. The Morgan fingerprint density at radius 3 is 1.98 bits per heavy atom. The molecule has 272 valence electrons. The van der Waals surface area contributed by atoms with Gasteiger partial charge in [-0.15, -0.1) is 0 Å². The van der Waals surface area contributed by atoms with E-state index in [-0.39, 0.29) is 5.82 Å².